The van der Waals surface area contributed by atoms with Crippen LogP contribution in [0.25, 0.3) is 21.9 Å². The highest BCUT2D eigenvalue weighted by Gasteiger charge is 2.29. The Balaban J connectivity index is 2.04. The van der Waals surface area contributed by atoms with E-state index in [1.165, 1.54) is 0 Å². The fourth-order valence-corrected chi connectivity index (χ4v) is 3.67. The number of benzene rings is 3. The Labute approximate surface area is 157 Å². The Kier molecular flexibility index (Phi) is 4.15. The van der Waals surface area contributed by atoms with Crippen molar-refractivity contribution >= 4 is 16.6 Å². The fraction of sp³-hybridized carbons (Fsp3) is 0.227. The van der Waals surface area contributed by atoms with Crippen LogP contribution in [0.15, 0.2) is 36.4 Å². The van der Waals surface area contributed by atoms with E-state index in [2.05, 4.69) is 0 Å². The Bertz CT molecular complexity index is 1070. The van der Waals surface area contributed by atoms with Crippen molar-refractivity contribution in [2.24, 2.45) is 0 Å². The molecule has 0 radical (unpaired) electrons. The second kappa shape index (κ2) is 6.50. The maximum Gasteiger partial charge on any atom is 0.167 e. The van der Waals surface area contributed by atoms with Crippen LogP contribution < -0.4 is 18.9 Å². The molecule has 0 amide bonds. The predicted molar refractivity (Wildman–Crippen MR) is 104 cm³/mol. The van der Waals surface area contributed by atoms with E-state index in [9.17, 15) is 4.79 Å². The molecule has 4 rings (SSSR count). The van der Waals surface area contributed by atoms with Gasteiger partial charge in [-0.05, 0) is 57.8 Å². The molecule has 1 aliphatic rings. The van der Waals surface area contributed by atoms with E-state index < -0.39 is 0 Å². The summed E-state index contributed by atoms with van der Waals surface area (Å²) in [6.45, 7) is 0. The summed E-state index contributed by atoms with van der Waals surface area (Å²) in [7, 11) is 6.44. The summed E-state index contributed by atoms with van der Waals surface area (Å²) in [5.41, 5.74) is 3.80. The molecule has 0 saturated carbocycles. The Hall–Kier alpha value is -3.21. The number of ether oxygens (including phenoxy) is 4. The standard InChI is InChI=1S/C22H20O5/c1-24-18-6-5-12(8-19(18)25-2)22-14-11-21(27-4)20(26-3)9-13(14)7-15-16(22)10-17(15)23/h5-9,11H,10H2,1-4H3. The minimum Gasteiger partial charge on any atom is -0.493 e. The van der Waals surface area contributed by atoms with Crippen molar-refractivity contribution in [2.45, 2.75) is 6.42 Å². The number of hydrogen-bond acceptors (Lipinski definition) is 5. The number of rotatable bonds is 5. The monoisotopic (exact) mass is 364 g/mol. The predicted octanol–water partition coefficient (Wildman–Crippen LogP) is 4.28. The SMILES string of the molecule is COc1ccc(-c2c3c(cc4cc(OC)c(OC)cc24)C(=O)C3)cc1OC. The van der Waals surface area contributed by atoms with E-state index in [1.54, 1.807) is 28.4 Å². The molecular weight excluding hydrogens is 344 g/mol. The highest BCUT2D eigenvalue weighted by atomic mass is 16.5. The van der Waals surface area contributed by atoms with Crippen LogP contribution >= 0.6 is 0 Å². The van der Waals surface area contributed by atoms with Crippen molar-refractivity contribution in [3.05, 3.63) is 47.5 Å². The number of fused-ring (bicyclic) bond motifs is 2. The molecule has 3 aromatic rings. The summed E-state index contributed by atoms with van der Waals surface area (Å²) >= 11 is 0. The molecule has 0 fully saturated rings. The highest BCUT2D eigenvalue weighted by Crippen LogP contribution is 2.45. The second-order valence-corrected chi connectivity index (χ2v) is 6.38. The molecule has 0 heterocycles. The smallest absolute Gasteiger partial charge is 0.167 e. The number of carbonyl (C=O) groups is 1. The first-order valence-electron chi connectivity index (χ1n) is 8.58. The van der Waals surface area contributed by atoms with E-state index in [1.807, 2.05) is 36.4 Å². The van der Waals surface area contributed by atoms with Gasteiger partial charge in [-0.15, -0.1) is 0 Å². The van der Waals surface area contributed by atoms with Gasteiger partial charge in [0, 0.05) is 12.0 Å². The van der Waals surface area contributed by atoms with Gasteiger partial charge in [0.15, 0.2) is 28.8 Å². The van der Waals surface area contributed by atoms with Crippen LogP contribution in [0.2, 0.25) is 0 Å². The number of Topliss-reactive ketones (excluding diaryl/α,β-unsaturated/α-hetero) is 1. The number of ketones is 1. The normalized spacial score (nSPS) is 12.4. The van der Waals surface area contributed by atoms with Crippen LogP contribution in [-0.2, 0) is 6.42 Å². The van der Waals surface area contributed by atoms with Gasteiger partial charge in [-0.25, -0.2) is 0 Å². The van der Waals surface area contributed by atoms with Crippen molar-refractivity contribution in [1.82, 2.24) is 0 Å². The van der Waals surface area contributed by atoms with E-state index in [4.69, 9.17) is 18.9 Å². The Morgan fingerprint density at radius 1 is 0.741 bits per heavy atom. The van der Waals surface area contributed by atoms with Crippen molar-refractivity contribution in [1.29, 1.82) is 0 Å². The van der Waals surface area contributed by atoms with Gasteiger partial charge >= 0.3 is 0 Å². The highest BCUT2D eigenvalue weighted by molar-refractivity contribution is 6.15. The molecule has 0 aromatic heterocycles. The molecule has 0 N–H and O–H groups in total. The first-order valence-corrected chi connectivity index (χ1v) is 8.58. The summed E-state index contributed by atoms with van der Waals surface area (Å²) in [5.74, 6) is 2.75. The van der Waals surface area contributed by atoms with Crippen molar-refractivity contribution in [3.8, 4) is 34.1 Å². The third kappa shape index (κ3) is 2.58. The number of methoxy groups -OCH3 is 4. The van der Waals surface area contributed by atoms with Crippen LogP contribution in [0.5, 0.6) is 23.0 Å². The lowest BCUT2D eigenvalue weighted by Crippen LogP contribution is -2.20. The van der Waals surface area contributed by atoms with Crippen molar-refractivity contribution in [2.75, 3.05) is 28.4 Å². The first-order chi connectivity index (χ1) is 13.1. The molecule has 3 aromatic carbocycles. The Morgan fingerprint density at radius 2 is 1.37 bits per heavy atom. The molecular formula is C22H20O5. The van der Waals surface area contributed by atoms with Crippen LogP contribution in [-0.4, -0.2) is 34.2 Å². The molecule has 1 aliphatic carbocycles. The quantitative estimate of drug-likeness (QED) is 0.676. The van der Waals surface area contributed by atoms with Gasteiger partial charge in [0.25, 0.3) is 0 Å². The van der Waals surface area contributed by atoms with Crippen molar-refractivity contribution < 1.29 is 23.7 Å². The summed E-state index contributed by atoms with van der Waals surface area (Å²) in [5, 5.41) is 1.94. The maximum absolute atomic E-state index is 12.1. The molecule has 138 valence electrons. The van der Waals surface area contributed by atoms with Crippen LogP contribution in [0, 0.1) is 0 Å². The zero-order valence-electron chi connectivity index (χ0n) is 15.7. The van der Waals surface area contributed by atoms with Gasteiger partial charge in [0.1, 0.15) is 0 Å². The summed E-state index contributed by atoms with van der Waals surface area (Å²) in [4.78, 5) is 12.1. The molecule has 0 bridgehead atoms. The summed E-state index contributed by atoms with van der Waals surface area (Å²) < 4.78 is 21.7. The van der Waals surface area contributed by atoms with E-state index in [-0.39, 0.29) is 5.78 Å². The minimum atomic E-state index is 0.156. The molecule has 0 unspecified atom stereocenters. The second-order valence-electron chi connectivity index (χ2n) is 6.38. The zero-order valence-corrected chi connectivity index (χ0v) is 15.7. The molecule has 5 heteroatoms. The van der Waals surface area contributed by atoms with E-state index >= 15 is 0 Å². The summed E-state index contributed by atoms with van der Waals surface area (Å²) in [6.07, 6.45) is 0.434. The average Bonchev–Trinajstić information content (AvgIpc) is 2.71. The van der Waals surface area contributed by atoms with Gasteiger partial charge < -0.3 is 18.9 Å². The minimum absolute atomic E-state index is 0.156. The van der Waals surface area contributed by atoms with Gasteiger partial charge in [-0.2, -0.15) is 0 Å². The van der Waals surface area contributed by atoms with E-state index in [0.29, 0.717) is 29.4 Å². The molecule has 0 saturated heterocycles. The molecule has 0 atom stereocenters. The Morgan fingerprint density at radius 3 is 2.00 bits per heavy atom. The maximum atomic E-state index is 12.1. The molecule has 0 spiro atoms. The van der Waals surface area contributed by atoms with Gasteiger partial charge in [-0.1, -0.05) is 6.07 Å². The average molecular weight is 364 g/mol. The zero-order chi connectivity index (χ0) is 19.1. The molecule has 27 heavy (non-hydrogen) atoms. The van der Waals surface area contributed by atoms with Gasteiger partial charge in [0.2, 0.25) is 0 Å². The number of hydrogen-bond donors (Lipinski definition) is 0. The lowest BCUT2D eigenvalue weighted by Gasteiger charge is -2.25. The largest absolute Gasteiger partial charge is 0.493 e. The van der Waals surface area contributed by atoms with Crippen LogP contribution in [0.4, 0.5) is 0 Å². The third-order valence-electron chi connectivity index (χ3n) is 5.06. The van der Waals surface area contributed by atoms with Crippen LogP contribution in [0.1, 0.15) is 15.9 Å². The topological polar surface area (TPSA) is 54.0 Å². The first kappa shape index (κ1) is 17.2. The third-order valence-corrected chi connectivity index (χ3v) is 5.06. The lowest BCUT2D eigenvalue weighted by molar-refractivity contribution is 0.0968. The van der Waals surface area contributed by atoms with Gasteiger partial charge in [-0.3, -0.25) is 4.79 Å². The molecule has 5 nitrogen and oxygen atoms in total. The summed E-state index contributed by atoms with van der Waals surface area (Å²) in [6, 6.07) is 11.6. The fourth-order valence-electron chi connectivity index (χ4n) is 3.67. The van der Waals surface area contributed by atoms with E-state index in [0.717, 1.165) is 33.0 Å². The lowest BCUT2D eigenvalue weighted by atomic mass is 9.78. The number of carbonyl (C=O) groups excluding carboxylic acids is 1. The van der Waals surface area contributed by atoms with Gasteiger partial charge in [0.05, 0.1) is 28.4 Å². The molecule has 0 aliphatic heterocycles. The van der Waals surface area contributed by atoms with Crippen molar-refractivity contribution in [3.63, 3.8) is 0 Å². The van der Waals surface area contributed by atoms with Crippen LogP contribution in [0.3, 0.4) is 0 Å².